The number of hydrogen-bond acceptors (Lipinski definition) is 2. The second-order valence-corrected chi connectivity index (χ2v) is 5.28. The largest absolute Gasteiger partial charge is 0.478 e. The van der Waals surface area contributed by atoms with Gasteiger partial charge >= 0.3 is 0 Å². The predicted molar refractivity (Wildman–Crippen MR) is 47.2 cm³/mol. The molecule has 0 saturated heterocycles. The fourth-order valence-electron chi connectivity index (χ4n) is 2.60. The van der Waals surface area contributed by atoms with Crippen LogP contribution >= 0.6 is 0 Å². The van der Waals surface area contributed by atoms with Crippen LogP contribution in [0.4, 0.5) is 0 Å². The first kappa shape index (κ1) is 6.93. The van der Waals surface area contributed by atoms with Gasteiger partial charge in [0, 0.05) is 5.41 Å². The minimum atomic E-state index is 0.0464. The smallest absolute Gasteiger partial charge is 0.190 e. The molecule has 66 valence electrons. The highest BCUT2D eigenvalue weighted by Gasteiger charge is 2.62. The van der Waals surface area contributed by atoms with Gasteiger partial charge in [-0.3, -0.25) is 0 Å². The second kappa shape index (κ2) is 1.70. The zero-order chi connectivity index (χ0) is 8.40. The maximum absolute atomic E-state index is 5.66. The average Bonchev–Trinajstić information content (AvgIpc) is 2.01. The Hall–Kier alpha value is -0.530. The Kier molecular flexibility index (Phi) is 0.984. The molecule has 2 bridgehead atoms. The van der Waals surface area contributed by atoms with E-state index in [1.54, 1.807) is 0 Å². The average molecular weight is 165 g/mol. The lowest BCUT2D eigenvalue weighted by atomic mass is 9.44. The van der Waals surface area contributed by atoms with E-state index in [2.05, 4.69) is 18.8 Å². The first-order valence-corrected chi connectivity index (χ1v) is 4.83. The molecule has 0 aromatic heterocycles. The summed E-state index contributed by atoms with van der Waals surface area (Å²) in [6.07, 6.45) is 4.05. The summed E-state index contributed by atoms with van der Waals surface area (Å²) in [7, 11) is 0. The molecule has 0 aromatic carbocycles. The summed E-state index contributed by atoms with van der Waals surface area (Å²) in [5.41, 5.74) is 0.475. The van der Waals surface area contributed by atoms with Crippen molar-refractivity contribution in [2.24, 2.45) is 16.3 Å². The Bertz CT molecular complexity index is 250. The molecule has 0 amide bonds. The molecule has 2 heteroatoms. The molecule has 0 spiro atoms. The minimum absolute atomic E-state index is 0.0464. The number of aliphatic imine (C=N–C) groups is 1. The van der Waals surface area contributed by atoms with E-state index in [-0.39, 0.29) is 5.54 Å². The van der Waals surface area contributed by atoms with E-state index < -0.39 is 0 Å². The number of nitrogens with zero attached hydrogens (tertiary/aromatic N) is 1. The fraction of sp³-hybridized carbons (Fsp3) is 0.900. The molecule has 12 heavy (non-hydrogen) atoms. The Morgan fingerprint density at radius 1 is 1.33 bits per heavy atom. The van der Waals surface area contributed by atoms with E-state index in [4.69, 9.17) is 4.74 Å². The molecule has 1 aliphatic heterocycles. The van der Waals surface area contributed by atoms with Gasteiger partial charge in [-0.25, -0.2) is 4.99 Å². The van der Waals surface area contributed by atoms with E-state index in [0.717, 1.165) is 18.4 Å². The van der Waals surface area contributed by atoms with Gasteiger partial charge in [-0.1, -0.05) is 0 Å². The lowest BCUT2D eigenvalue weighted by molar-refractivity contribution is -0.0566. The maximum Gasteiger partial charge on any atom is 0.190 e. The zero-order valence-electron chi connectivity index (χ0n) is 7.76. The van der Waals surface area contributed by atoms with Crippen molar-refractivity contribution in [3.8, 4) is 0 Å². The van der Waals surface area contributed by atoms with Gasteiger partial charge in [0.25, 0.3) is 0 Å². The molecule has 3 saturated carbocycles. The highest BCUT2D eigenvalue weighted by molar-refractivity contribution is 5.87. The third-order valence-electron chi connectivity index (χ3n) is 3.46. The monoisotopic (exact) mass is 165 g/mol. The van der Waals surface area contributed by atoms with Gasteiger partial charge in [-0.15, -0.1) is 0 Å². The molecule has 3 aliphatic carbocycles. The number of rotatable bonds is 1. The summed E-state index contributed by atoms with van der Waals surface area (Å²) in [6, 6.07) is 0. The van der Waals surface area contributed by atoms with Gasteiger partial charge in [-0.2, -0.15) is 0 Å². The van der Waals surface area contributed by atoms with E-state index >= 15 is 0 Å². The van der Waals surface area contributed by atoms with E-state index in [9.17, 15) is 0 Å². The summed E-state index contributed by atoms with van der Waals surface area (Å²) < 4.78 is 5.66. The first-order valence-electron chi connectivity index (χ1n) is 4.83. The highest BCUT2D eigenvalue weighted by Crippen LogP contribution is 2.65. The van der Waals surface area contributed by atoms with Crippen molar-refractivity contribution in [3.63, 3.8) is 0 Å². The van der Waals surface area contributed by atoms with Crippen LogP contribution in [0.25, 0.3) is 0 Å². The Morgan fingerprint density at radius 3 is 2.33 bits per heavy atom. The Labute approximate surface area is 73.0 Å². The standard InChI is InChI=1S/C10H15NO/c1-9(2)6-12-8(11-9)10-3-7(4-10)5-10/h7H,3-6H2,1-2H3. The maximum atomic E-state index is 5.66. The second-order valence-electron chi connectivity index (χ2n) is 5.28. The summed E-state index contributed by atoms with van der Waals surface area (Å²) >= 11 is 0. The third-order valence-corrected chi connectivity index (χ3v) is 3.46. The van der Waals surface area contributed by atoms with Crippen molar-refractivity contribution in [1.29, 1.82) is 0 Å². The molecule has 4 rings (SSSR count). The predicted octanol–water partition coefficient (Wildman–Crippen LogP) is 1.99. The van der Waals surface area contributed by atoms with Crippen LogP contribution in [0, 0.1) is 11.3 Å². The van der Waals surface area contributed by atoms with Crippen LogP contribution in [0.3, 0.4) is 0 Å². The Morgan fingerprint density at radius 2 is 2.00 bits per heavy atom. The van der Waals surface area contributed by atoms with Gasteiger partial charge in [0.05, 0.1) is 5.54 Å². The van der Waals surface area contributed by atoms with Crippen molar-refractivity contribution < 1.29 is 4.74 Å². The molecular formula is C10H15NO. The van der Waals surface area contributed by atoms with Crippen LogP contribution in [0.1, 0.15) is 33.1 Å². The molecule has 2 nitrogen and oxygen atoms in total. The van der Waals surface area contributed by atoms with Gasteiger partial charge in [-0.05, 0) is 39.0 Å². The lowest BCUT2D eigenvalue weighted by Crippen LogP contribution is -2.56. The molecule has 0 radical (unpaired) electrons. The number of hydrogen-bond donors (Lipinski definition) is 0. The fourth-order valence-corrected chi connectivity index (χ4v) is 2.60. The van der Waals surface area contributed by atoms with Crippen molar-refractivity contribution in [1.82, 2.24) is 0 Å². The third kappa shape index (κ3) is 0.686. The zero-order valence-corrected chi connectivity index (χ0v) is 7.76. The molecule has 4 aliphatic rings. The van der Waals surface area contributed by atoms with Gasteiger partial charge < -0.3 is 4.74 Å². The summed E-state index contributed by atoms with van der Waals surface area (Å²) in [5, 5.41) is 0. The topological polar surface area (TPSA) is 21.6 Å². The quantitative estimate of drug-likeness (QED) is 0.582. The van der Waals surface area contributed by atoms with Gasteiger partial charge in [0.1, 0.15) is 6.61 Å². The molecule has 1 heterocycles. The lowest BCUT2D eigenvalue weighted by Gasteiger charge is -2.60. The van der Waals surface area contributed by atoms with E-state index in [1.165, 1.54) is 19.3 Å². The number of ether oxygens (including phenoxy) is 1. The van der Waals surface area contributed by atoms with Crippen LogP contribution in [-0.2, 0) is 4.74 Å². The molecule has 0 N–H and O–H groups in total. The van der Waals surface area contributed by atoms with Gasteiger partial charge in [0.15, 0.2) is 5.90 Å². The van der Waals surface area contributed by atoms with Crippen molar-refractivity contribution in [3.05, 3.63) is 0 Å². The highest BCUT2D eigenvalue weighted by atomic mass is 16.5. The van der Waals surface area contributed by atoms with Crippen LogP contribution in [0.5, 0.6) is 0 Å². The van der Waals surface area contributed by atoms with Crippen molar-refractivity contribution in [2.75, 3.05) is 6.61 Å². The van der Waals surface area contributed by atoms with Crippen LogP contribution in [-0.4, -0.2) is 18.0 Å². The Balaban J connectivity index is 1.86. The van der Waals surface area contributed by atoms with E-state index in [0.29, 0.717) is 5.41 Å². The SMILES string of the molecule is CC1(C)COC(C23CC(C2)C3)=N1. The van der Waals surface area contributed by atoms with E-state index in [1.807, 2.05) is 0 Å². The molecule has 0 atom stereocenters. The minimum Gasteiger partial charge on any atom is -0.478 e. The summed E-state index contributed by atoms with van der Waals surface area (Å²) in [6.45, 7) is 5.08. The van der Waals surface area contributed by atoms with Crippen LogP contribution in [0.15, 0.2) is 4.99 Å². The molecule has 3 fully saturated rings. The van der Waals surface area contributed by atoms with Crippen molar-refractivity contribution in [2.45, 2.75) is 38.6 Å². The molecule has 0 aromatic rings. The summed E-state index contributed by atoms with van der Waals surface area (Å²) in [4.78, 5) is 4.65. The first-order chi connectivity index (χ1) is 5.60. The summed E-state index contributed by atoms with van der Waals surface area (Å²) in [5.74, 6) is 2.09. The molecular weight excluding hydrogens is 150 g/mol. The molecule has 0 unspecified atom stereocenters. The van der Waals surface area contributed by atoms with Crippen LogP contribution < -0.4 is 0 Å². The van der Waals surface area contributed by atoms with Gasteiger partial charge in [0.2, 0.25) is 0 Å². The normalized spacial score (nSPS) is 47.2. The van der Waals surface area contributed by atoms with Crippen LogP contribution in [0.2, 0.25) is 0 Å². The van der Waals surface area contributed by atoms with Crippen molar-refractivity contribution >= 4 is 5.90 Å².